The fraction of sp³-hybridized carbons (Fsp3) is 0.765. The zero-order valence-electron chi connectivity index (χ0n) is 13.5. The van der Waals surface area contributed by atoms with Gasteiger partial charge in [-0.05, 0) is 70.9 Å². The molecule has 0 bridgehead atoms. The van der Waals surface area contributed by atoms with Crippen LogP contribution in [0.2, 0.25) is 0 Å². The minimum absolute atomic E-state index is 0.811. The van der Waals surface area contributed by atoms with E-state index in [0.29, 0.717) is 0 Å². The van der Waals surface area contributed by atoms with Crippen LogP contribution in [-0.2, 0) is 13.1 Å². The summed E-state index contributed by atoms with van der Waals surface area (Å²) in [6, 6.07) is 5.46. The Bertz CT molecular complexity index is 431. The van der Waals surface area contributed by atoms with E-state index < -0.39 is 0 Å². The third-order valence-corrected chi connectivity index (χ3v) is 5.64. The Morgan fingerprint density at radius 3 is 2.52 bits per heavy atom. The molecule has 1 aromatic rings. The van der Waals surface area contributed by atoms with Gasteiger partial charge in [-0.15, -0.1) is 11.3 Å². The van der Waals surface area contributed by atoms with Gasteiger partial charge >= 0.3 is 0 Å². The van der Waals surface area contributed by atoms with Gasteiger partial charge in [-0.1, -0.05) is 0 Å². The Labute approximate surface area is 133 Å². The fourth-order valence-corrected chi connectivity index (χ4v) is 4.21. The van der Waals surface area contributed by atoms with E-state index in [1.807, 2.05) is 11.3 Å². The lowest BCUT2D eigenvalue weighted by atomic mass is 9.96. The van der Waals surface area contributed by atoms with Gasteiger partial charge in [-0.25, -0.2) is 0 Å². The van der Waals surface area contributed by atoms with Crippen LogP contribution in [0.3, 0.4) is 0 Å². The molecule has 0 unspecified atom stereocenters. The summed E-state index contributed by atoms with van der Waals surface area (Å²) in [5, 5.41) is 3.61. The second-order valence-corrected chi connectivity index (χ2v) is 8.26. The third kappa shape index (κ3) is 5.06. The molecule has 0 radical (unpaired) electrons. The molecule has 0 spiro atoms. The van der Waals surface area contributed by atoms with Crippen LogP contribution in [0.15, 0.2) is 12.1 Å². The molecule has 4 heteroatoms. The minimum Gasteiger partial charge on any atom is -0.309 e. The first-order valence-corrected chi connectivity index (χ1v) is 9.19. The largest absolute Gasteiger partial charge is 0.309 e. The second kappa shape index (κ2) is 7.23. The predicted octanol–water partition coefficient (Wildman–Crippen LogP) is 2.77. The summed E-state index contributed by atoms with van der Waals surface area (Å²) in [6.07, 6.45) is 5.47. The van der Waals surface area contributed by atoms with Crippen molar-refractivity contribution in [3.05, 3.63) is 21.9 Å². The average molecular weight is 308 g/mol. The smallest absolute Gasteiger partial charge is 0.0328 e. The van der Waals surface area contributed by atoms with Crippen molar-refractivity contribution in [1.82, 2.24) is 15.1 Å². The molecule has 2 aliphatic rings. The van der Waals surface area contributed by atoms with Crippen LogP contribution in [0, 0.1) is 5.92 Å². The van der Waals surface area contributed by atoms with Crippen molar-refractivity contribution in [1.29, 1.82) is 0 Å². The molecule has 0 aromatic carbocycles. The highest BCUT2D eigenvalue weighted by Gasteiger charge is 2.21. The van der Waals surface area contributed by atoms with E-state index in [-0.39, 0.29) is 0 Å². The number of thiophene rings is 1. The quantitative estimate of drug-likeness (QED) is 0.835. The molecular weight excluding hydrogens is 278 g/mol. The van der Waals surface area contributed by atoms with Crippen LogP contribution in [0.25, 0.3) is 0 Å². The zero-order valence-corrected chi connectivity index (χ0v) is 14.3. The Balaban J connectivity index is 1.40. The first kappa shape index (κ1) is 15.5. The predicted molar refractivity (Wildman–Crippen MR) is 90.7 cm³/mol. The summed E-state index contributed by atoms with van der Waals surface area (Å²) >= 11 is 2.00. The molecule has 2 heterocycles. The monoisotopic (exact) mass is 307 g/mol. The lowest BCUT2D eigenvalue weighted by Crippen LogP contribution is -2.36. The van der Waals surface area contributed by atoms with E-state index in [4.69, 9.17) is 0 Å². The number of piperidine rings is 1. The normalized spacial score (nSPS) is 21.3. The molecule has 1 aromatic heterocycles. The molecule has 1 aliphatic carbocycles. The van der Waals surface area contributed by atoms with Crippen LogP contribution in [0.5, 0.6) is 0 Å². The SMILES string of the molecule is CN(C)CC1CCN(Cc2ccc(CNC3CC3)s2)CC1. The van der Waals surface area contributed by atoms with Gasteiger partial charge in [0.05, 0.1) is 0 Å². The average Bonchev–Trinajstić information content (AvgIpc) is 3.18. The van der Waals surface area contributed by atoms with Gasteiger partial charge in [-0.2, -0.15) is 0 Å². The van der Waals surface area contributed by atoms with Gasteiger partial charge in [-0.3, -0.25) is 4.90 Å². The molecular formula is C17H29N3S. The molecule has 1 saturated carbocycles. The maximum absolute atomic E-state index is 3.61. The summed E-state index contributed by atoms with van der Waals surface area (Å²) < 4.78 is 0. The van der Waals surface area contributed by atoms with Gasteiger partial charge in [0.15, 0.2) is 0 Å². The molecule has 2 fully saturated rings. The van der Waals surface area contributed by atoms with Gasteiger partial charge < -0.3 is 10.2 Å². The lowest BCUT2D eigenvalue weighted by Gasteiger charge is -2.32. The first-order valence-electron chi connectivity index (χ1n) is 8.37. The van der Waals surface area contributed by atoms with Crippen LogP contribution in [0.1, 0.15) is 35.4 Å². The van der Waals surface area contributed by atoms with Crippen LogP contribution < -0.4 is 5.32 Å². The van der Waals surface area contributed by atoms with E-state index in [2.05, 4.69) is 41.3 Å². The van der Waals surface area contributed by atoms with Gasteiger partial charge in [0.25, 0.3) is 0 Å². The van der Waals surface area contributed by atoms with Crippen molar-refractivity contribution in [3.63, 3.8) is 0 Å². The molecule has 0 amide bonds. The standard InChI is InChI=1S/C17H29N3S/c1-19(2)12-14-7-9-20(10-8-14)13-17-6-5-16(21-17)11-18-15-3-4-15/h5-6,14-15,18H,3-4,7-13H2,1-2H3. The number of rotatable bonds is 7. The molecule has 1 saturated heterocycles. The molecule has 118 valence electrons. The van der Waals surface area contributed by atoms with Crippen LogP contribution in [-0.4, -0.2) is 49.6 Å². The molecule has 3 rings (SSSR count). The summed E-state index contributed by atoms with van der Waals surface area (Å²) in [5.74, 6) is 0.901. The van der Waals surface area contributed by atoms with Crippen molar-refractivity contribution in [2.45, 2.75) is 44.8 Å². The van der Waals surface area contributed by atoms with Crippen molar-refractivity contribution >= 4 is 11.3 Å². The summed E-state index contributed by atoms with van der Waals surface area (Å²) in [6.45, 7) is 6.02. The van der Waals surface area contributed by atoms with Crippen LogP contribution in [0.4, 0.5) is 0 Å². The number of likely N-dealkylation sites (tertiary alicyclic amines) is 1. The molecule has 1 aliphatic heterocycles. The van der Waals surface area contributed by atoms with Crippen LogP contribution >= 0.6 is 11.3 Å². The first-order chi connectivity index (χ1) is 10.2. The van der Waals surface area contributed by atoms with E-state index >= 15 is 0 Å². The van der Waals surface area contributed by atoms with E-state index in [1.165, 1.54) is 55.1 Å². The Morgan fingerprint density at radius 1 is 1.14 bits per heavy atom. The van der Waals surface area contributed by atoms with Gasteiger partial charge in [0, 0.05) is 35.4 Å². The lowest BCUT2D eigenvalue weighted by molar-refractivity contribution is 0.158. The highest BCUT2D eigenvalue weighted by atomic mass is 32.1. The van der Waals surface area contributed by atoms with Crippen molar-refractivity contribution < 1.29 is 0 Å². The Kier molecular flexibility index (Phi) is 5.33. The maximum Gasteiger partial charge on any atom is 0.0328 e. The number of nitrogens with one attached hydrogen (secondary N) is 1. The third-order valence-electron chi connectivity index (χ3n) is 4.57. The van der Waals surface area contributed by atoms with Crippen molar-refractivity contribution in [3.8, 4) is 0 Å². The number of nitrogens with zero attached hydrogens (tertiary/aromatic N) is 2. The number of hydrogen-bond acceptors (Lipinski definition) is 4. The molecule has 1 N–H and O–H groups in total. The van der Waals surface area contributed by atoms with Gasteiger partial charge in [0.1, 0.15) is 0 Å². The summed E-state index contributed by atoms with van der Waals surface area (Å²) in [4.78, 5) is 8.00. The molecule has 3 nitrogen and oxygen atoms in total. The van der Waals surface area contributed by atoms with E-state index in [9.17, 15) is 0 Å². The van der Waals surface area contributed by atoms with Crippen molar-refractivity contribution in [2.24, 2.45) is 5.92 Å². The van der Waals surface area contributed by atoms with Crippen molar-refractivity contribution in [2.75, 3.05) is 33.7 Å². The summed E-state index contributed by atoms with van der Waals surface area (Å²) in [7, 11) is 4.38. The Hall–Kier alpha value is -0.420. The highest BCUT2D eigenvalue weighted by Crippen LogP contribution is 2.24. The van der Waals surface area contributed by atoms with Gasteiger partial charge in [0.2, 0.25) is 0 Å². The Morgan fingerprint density at radius 2 is 1.86 bits per heavy atom. The molecule has 0 atom stereocenters. The van der Waals surface area contributed by atoms with E-state index in [0.717, 1.165) is 25.0 Å². The number of hydrogen-bond donors (Lipinski definition) is 1. The second-order valence-electron chi connectivity index (χ2n) is 7.00. The van der Waals surface area contributed by atoms with E-state index in [1.54, 1.807) is 0 Å². The highest BCUT2D eigenvalue weighted by molar-refractivity contribution is 7.11. The summed E-state index contributed by atoms with van der Waals surface area (Å²) in [5.41, 5.74) is 0. The fourth-order valence-electron chi connectivity index (χ4n) is 3.20. The maximum atomic E-state index is 3.61. The topological polar surface area (TPSA) is 18.5 Å². The molecule has 21 heavy (non-hydrogen) atoms. The minimum atomic E-state index is 0.811. The zero-order chi connectivity index (χ0) is 14.7.